The van der Waals surface area contributed by atoms with Crippen molar-refractivity contribution in [3.8, 4) is 0 Å². The molecule has 0 aliphatic carbocycles. The quantitative estimate of drug-likeness (QED) is 0.343. The summed E-state index contributed by atoms with van der Waals surface area (Å²) in [4.78, 5) is 0. The van der Waals surface area contributed by atoms with Crippen LogP contribution in [0.4, 0.5) is 0 Å². The van der Waals surface area contributed by atoms with Crippen molar-refractivity contribution in [2.75, 3.05) is 79.3 Å². The van der Waals surface area contributed by atoms with E-state index in [0.717, 1.165) is 26.4 Å². The van der Waals surface area contributed by atoms with E-state index in [-0.39, 0.29) is 13.2 Å². The molecule has 7 nitrogen and oxygen atoms in total. The lowest BCUT2D eigenvalue weighted by Gasteiger charge is -2.03. The normalized spacial score (nSPS) is 10.0. The van der Waals surface area contributed by atoms with Crippen molar-refractivity contribution in [2.24, 2.45) is 0 Å². The van der Waals surface area contributed by atoms with E-state index >= 15 is 0 Å². The molecule has 0 radical (unpaired) electrons. The van der Waals surface area contributed by atoms with Crippen LogP contribution in [0.5, 0.6) is 0 Å². The first-order valence-electron chi connectivity index (χ1n) is 10.3. The van der Waals surface area contributed by atoms with E-state index in [1.54, 1.807) is 0 Å². The smallest absolute Gasteiger partial charge is 0.0701 e. The van der Waals surface area contributed by atoms with Gasteiger partial charge >= 0.3 is 0 Å². The van der Waals surface area contributed by atoms with Crippen LogP contribution in [0.1, 0.15) is 53.4 Å². The molecule has 0 aromatic rings. The zero-order valence-electron chi connectivity index (χ0n) is 18.2. The lowest BCUT2D eigenvalue weighted by atomic mass is 10.3. The minimum absolute atomic E-state index is 0.0278. The van der Waals surface area contributed by atoms with Gasteiger partial charge in [0.15, 0.2) is 0 Å². The van der Waals surface area contributed by atoms with Gasteiger partial charge in [0.05, 0.1) is 52.9 Å². The van der Waals surface area contributed by atoms with Gasteiger partial charge in [0.2, 0.25) is 0 Å². The Balaban J connectivity index is -0.000000329. The highest BCUT2D eigenvalue weighted by molar-refractivity contribution is 4.34. The number of rotatable bonds is 18. The van der Waals surface area contributed by atoms with Crippen molar-refractivity contribution in [1.82, 2.24) is 0 Å². The summed E-state index contributed by atoms with van der Waals surface area (Å²) in [5, 5.41) is 16.2. The van der Waals surface area contributed by atoms with Gasteiger partial charge in [0, 0.05) is 26.4 Å². The van der Waals surface area contributed by atoms with Crippen molar-refractivity contribution < 1.29 is 33.9 Å². The van der Waals surface area contributed by atoms with Crippen molar-refractivity contribution in [3.05, 3.63) is 0 Å². The molecule has 0 bridgehead atoms. The molecule has 168 valence electrons. The number of aliphatic hydroxyl groups is 2. The third-order valence-corrected chi connectivity index (χ3v) is 2.91. The van der Waals surface area contributed by atoms with E-state index in [1.165, 1.54) is 25.7 Å². The average molecular weight is 399 g/mol. The minimum Gasteiger partial charge on any atom is -0.394 e. The predicted molar refractivity (Wildman–Crippen MR) is 109 cm³/mol. The third-order valence-electron chi connectivity index (χ3n) is 2.91. The second-order valence-corrected chi connectivity index (χ2v) is 5.39. The van der Waals surface area contributed by atoms with Crippen LogP contribution < -0.4 is 0 Å². The Hall–Kier alpha value is -0.280. The molecule has 0 rings (SSSR count). The van der Waals surface area contributed by atoms with E-state index in [9.17, 15) is 0 Å². The van der Waals surface area contributed by atoms with Crippen molar-refractivity contribution >= 4 is 0 Å². The maximum absolute atomic E-state index is 8.09. The highest BCUT2D eigenvalue weighted by Gasteiger charge is 1.87. The first-order valence-corrected chi connectivity index (χ1v) is 10.3. The van der Waals surface area contributed by atoms with Gasteiger partial charge in [-0.2, -0.15) is 0 Å². The summed E-state index contributed by atoms with van der Waals surface area (Å²) >= 11 is 0. The molecule has 7 heteroatoms. The molecule has 0 aliphatic heterocycles. The molecule has 27 heavy (non-hydrogen) atoms. The summed E-state index contributed by atoms with van der Waals surface area (Å²) in [5.41, 5.74) is 0. The first-order chi connectivity index (χ1) is 13.2. The van der Waals surface area contributed by atoms with E-state index in [4.69, 9.17) is 29.2 Å². The average Bonchev–Trinajstić information content (AvgIpc) is 2.69. The number of unbranched alkanes of at least 4 members (excludes halogenated alkanes) is 2. The molecule has 0 amide bonds. The molecule has 2 N–H and O–H groups in total. The second kappa shape index (κ2) is 36.6. The summed E-state index contributed by atoms with van der Waals surface area (Å²) in [6.45, 7) is 15.1. The minimum atomic E-state index is 0.0278. The number of aliphatic hydroxyl groups excluding tert-OH is 2. The summed E-state index contributed by atoms with van der Waals surface area (Å²) in [7, 11) is 0. The Labute approximate surface area is 167 Å². The Morgan fingerprint density at radius 1 is 0.444 bits per heavy atom. The van der Waals surface area contributed by atoms with Crippen molar-refractivity contribution in [2.45, 2.75) is 53.4 Å². The van der Waals surface area contributed by atoms with E-state index in [0.29, 0.717) is 39.6 Å². The van der Waals surface area contributed by atoms with Gasteiger partial charge in [-0.15, -0.1) is 0 Å². The van der Waals surface area contributed by atoms with Crippen LogP contribution in [0, 0.1) is 0 Å². The standard InChI is InChI=1S/C8H18O3.C8H18O.C4H10O3/c1-3-9-5-7-11-8-6-10-4-2;1-3-5-7-9-8-6-4-2;5-1-3-7-4-2-6/h3-8H2,1-2H3;3-8H2,1-2H3;5-6H,1-4H2. The van der Waals surface area contributed by atoms with Crippen LogP contribution in [-0.2, 0) is 23.7 Å². The fraction of sp³-hybridized carbons (Fsp3) is 1.00. The highest BCUT2D eigenvalue weighted by atomic mass is 16.5. The SMILES string of the molecule is CCCCOCCCC.CCOCCOCCOCC.OCCOCCO. The fourth-order valence-electron chi connectivity index (χ4n) is 1.45. The third kappa shape index (κ3) is 46.1. The molecule has 0 unspecified atom stereocenters. The lowest BCUT2D eigenvalue weighted by molar-refractivity contribution is 0.0195. The molecule has 0 atom stereocenters. The molecular weight excluding hydrogens is 352 g/mol. The monoisotopic (exact) mass is 398 g/mol. The topological polar surface area (TPSA) is 86.6 Å². The molecule has 0 spiro atoms. The zero-order chi connectivity index (χ0) is 20.8. The molecule has 0 saturated carbocycles. The van der Waals surface area contributed by atoms with Gasteiger partial charge in [-0.25, -0.2) is 0 Å². The summed E-state index contributed by atoms with van der Waals surface area (Å²) in [6.07, 6.45) is 4.91. The molecule has 0 aromatic carbocycles. The Morgan fingerprint density at radius 2 is 0.778 bits per heavy atom. The van der Waals surface area contributed by atoms with E-state index in [2.05, 4.69) is 18.6 Å². The number of hydrogen-bond donors (Lipinski definition) is 2. The predicted octanol–water partition coefficient (Wildman–Crippen LogP) is 2.67. The van der Waals surface area contributed by atoms with Gasteiger partial charge in [0.25, 0.3) is 0 Å². The first kappa shape index (κ1) is 31.4. The fourth-order valence-corrected chi connectivity index (χ4v) is 1.45. The summed E-state index contributed by atoms with van der Waals surface area (Å²) in [5.74, 6) is 0. The van der Waals surface area contributed by atoms with Crippen molar-refractivity contribution in [3.63, 3.8) is 0 Å². The van der Waals surface area contributed by atoms with Crippen LogP contribution >= 0.6 is 0 Å². The van der Waals surface area contributed by atoms with Gasteiger partial charge in [-0.1, -0.05) is 26.7 Å². The van der Waals surface area contributed by atoms with Crippen molar-refractivity contribution in [1.29, 1.82) is 0 Å². The van der Waals surface area contributed by atoms with Gasteiger partial charge in [-0.05, 0) is 26.7 Å². The zero-order valence-corrected chi connectivity index (χ0v) is 18.2. The lowest BCUT2D eigenvalue weighted by Crippen LogP contribution is -2.08. The molecule has 0 saturated heterocycles. The van der Waals surface area contributed by atoms with Gasteiger partial charge in [0.1, 0.15) is 0 Å². The van der Waals surface area contributed by atoms with Crippen LogP contribution in [0.25, 0.3) is 0 Å². The van der Waals surface area contributed by atoms with Crippen LogP contribution in [-0.4, -0.2) is 89.5 Å². The number of hydrogen-bond acceptors (Lipinski definition) is 7. The van der Waals surface area contributed by atoms with Gasteiger partial charge in [-0.3, -0.25) is 0 Å². The Bertz CT molecular complexity index is 189. The Morgan fingerprint density at radius 3 is 1.11 bits per heavy atom. The van der Waals surface area contributed by atoms with Crippen LogP contribution in [0.15, 0.2) is 0 Å². The van der Waals surface area contributed by atoms with E-state index < -0.39 is 0 Å². The summed E-state index contributed by atoms with van der Waals surface area (Å²) in [6, 6.07) is 0. The second-order valence-electron chi connectivity index (χ2n) is 5.39. The van der Waals surface area contributed by atoms with Gasteiger partial charge < -0.3 is 33.9 Å². The number of ether oxygens (including phenoxy) is 5. The molecular formula is C20H46O7. The largest absolute Gasteiger partial charge is 0.394 e. The summed E-state index contributed by atoms with van der Waals surface area (Å²) < 4.78 is 25.3. The maximum atomic E-state index is 8.09. The molecule has 0 aliphatic rings. The van der Waals surface area contributed by atoms with Crippen LogP contribution in [0.3, 0.4) is 0 Å². The molecule has 0 heterocycles. The maximum Gasteiger partial charge on any atom is 0.0701 e. The highest BCUT2D eigenvalue weighted by Crippen LogP contribution is 1.91. The molecule has 0 fully saturated rings. The van der Waals surface area contributed by atoms with E-state index in [1.807, 2.05) is 13.8 Å². The Kier molecular flexibility index (Phi) is 42.6. The van der Waals surface area contributed by atoms with Crippen LogP contribution in [0.2, 0.25) is 0 Å². The molecule has 0 aromatic heterocycles.